The maximum atomic E-state index is 13.0. The number of carbonyl (C=O) groups excluding carboxylic acids is 1. The van der Waals surface area contributed by atoms with E-state index in [0.29, 0.717) is 22.2 Å². The molecule has 0 aliphatic heterocycles. The van der Waals surface area contributed by atoms with Crippen molar-refractivity contribution < 1.29 is 35.9 Å². The molecule has 32 heavy (non-hydrogen) atoms. The fraction of sp³-hybridized carbons (Fsp3) is 0.217. The maximum absolute atomic E-state index is 13.0. The number of esters is 1. The fourth-order valence-corrected chi connectivity index (χ4v) is 5.81. The van der Waals surface area contributed by atoms with Crippen LogP contribution in [0.4, 0.5) is 26.3 Å². The lowest BCUT2D eigenvalue weighted by Crippen LogP contribution is -2.27. The molecule has 0 N–H and O–H groups in total. The van der Waals surface area contributed by atoms with Gasteiger partial charge in [0, 0.05) is 18.5 Å². The lowest BCUT2D eigenvalue weighted by molar-refractivity contribution is -0.144. The molecular weight excluding hydrogens is 453 g/mol. The first-order valence-corrected chi connectivity index (χ1v) is 10.8. The van der Waals surface area contributed by atoms with Crippen molar-refractivity contribution in [1.82, 2.24) is 0 Å². The number of halogens is 6. The SMILES string of the molecule is CC(=O)O[C@H](C)[C]1[CH][CH][CH][C]1P(c1ccc(C(F)(F)F)cc1)c1ccc(C(F)(F)F)cc1. The van der Waals surface area contributed by atoms with Crippen LogP contribution in [0.3, 0.4) is 0 Å². The highest BCUT2D eigenvalue weighted by Crippen LogP contribution is 2.57. The lowest BCUT2D eigenvalue weighted by Gasteiger charge is -2.32. The van der Waals surface area contributed by atoms with Gasteiger partial charge in [-0.05, 0) is 69.0 Å². The van der Waals surface area contributed by atoms with Crippen molar-refractivity contribution in [3.8, 4) is 0 Å². The highest BCUT2D eigenvalue weighted by molar-refractivity contribution is 7.76. The summed E-state index contributed by atoms with van der Waals surface area (Å²) in [7, 11) is -1.51. The minimum Gasteiger partial charge on any atom is -0.462 e. The minimum absolute atomic E-state index is 0.502. The van der Waals surface area contributed by atoms with Crippen LogP contribution in [0.1, 0.15) is 25.0 Å². The van der Waals surface area contributed by atoms with E-state index in [9.17, 15) is 31.1 Å². The molecule has 3 rings (SSSR count). The Kier molecular flexibility index (Phi) is 7.23. The van der Waals surface area contributed by atoms with Crippen molar-refractivity contribution in [3.05, 3.63) is 90.5 Å². The Labute approximate surface area is 183 Å². The van der Waals surface area contributed by atoms with Gasteiger partial charge in [0.15, 0.2) is 0 Å². The lowest BCUT2D eigenvalue weighted by atomic mass is 10.0. The van der Waals surface area contributed by atoms with Crippen LogP contribution >= 0.6 is 7.92 Å². The number of hydrogen-bond donors (Lipinski definition) is 0. The van der Waals surface area contributed by atoms with Gasteiger partial charge in [-0.25, -0.2) is 0 Å². The molecular formula is C23H18F6O2P. The molecule has 0 heterocycles. The summed E-state index contributed by atoms with van der Waals surface area (Å²) in [5.74, 6) is 0.143. The zero-order chi connectivity index (χ0) is 23.7. The van der Waals surface area contributed by atoms with Crippen LogP contribution in [0.15, 0.2) is 48.5 Å². The van der Waals surface area contributed by atoms with Crippen molar-refractivity contribution in [1.29, 1.82) is 0 Å². The summed E-state index contributed by atoms with van der Waals surface area (Å²) in [6.45, 7) is 2.92. The average molecular weight is 471 g/mol. The summed E-state index contributed by atoms with van der Waals surface area (Å²) >= 11 is 0. The molecule has 169 valence electrons. The fourth-order valence-electron chi connectivity index (χ4n) is 3.31. The van der Waals surface area contributed by atoms with Crippen LogP contribution < -0.4 is 10.6 Å². The standard InChI is InChI=1S/C23H18F6O2P/c1-14(31-15(2)30)20-4-3-5-21(20)32(18-10-6-16(7-11-18)22(24,25)26)19-12-8-17(9-13-19)23(27,28)29/h3-14H,1-2H3/t14-/m1/s1. The molecule has 1 atom stereocenters. The molecule has 0 saturated heterocycles. The third-order valence-corrected chi connectivity index (χ3v) is 7.27. The van der Waals surface area contributed by atoms with Gasteiger partial charge in [-0.1, -0.05) is 24.3 Å². The van der Waals surface area contributed by atoms with Crippen molar-refractivity contribution in [2.24, 2.45) is 0 Å². The molecule has 0 spiro atoms. The number of rotatable bonds is 5. The molecule has 0 aromatic heterocycles. The van der Waals surface area contributed by atoms with E-state index < -0.39 is 43.5 Å². The van der Waals surface area contributed by atoms with E-state index in [1.807, 2.05) is 0 Å². The number of hydrogen-bond acceptors (Lipinski definition) is 2. The Bertz CT molecular complexity index is 864. The van der Waals surface area contributed by atoms with Gasteiger partial charge in [-0.15, -0.1) is 0 Å². The van der Waals surface area contributed by atoms with E-state index >= 15 is 0 Å². The van der Waals surface area contributed by atoms with Gasteiger partial charge in [0.25, 0.3) is 0 Å². The molecule has 0 bridgehead atoms. The normalized spacial score (nSPS) is 17.0. The third-order valence-electron chi connectivity index (χ3n) is 4.75. The molecule has 2 nitrogen and oxygen atoms in total. The second kappa shape index (κ2) is 9.42. The number of benzene rings is 2. The molecule has 2 aromatic rings. The van der Waals surface area contributed by atoms with E-state index in [2.05, 4.69) is 0 Å². The van der Waals surface area contributed by atoms with Gasteiger partial charge >= 0.3 is 18.3 Å². The first kappa shape index (κ1) is 24.6. The Morgan fingerprint density at radius 1 is 0.812 bits per heavy atom. The molecule has 2 aromatic carbocycles. The zero-order valence-corrected chi connectivity index (χ0v) is 17.9. The second-order valence-electron chi connectivity index (χ2n) is 7.04. The predicted octanol–water partition coefficient (Wildman–Crippen LogP) is 5.84. The quantitative estimate of drug-likeness (QED) is 0.311. The van der Waals surface area contributed by atoms with Gasteiger partial charge in [0.1, 0.15) is 6.10 Å². The number of alkyl halides is 6. The van der Waals surface area contributed by atoms with Gasteiger partial charge in [-0.3, -0.25) is 4.79 Å². The maximum Gasteiger partial charge on any atom is 0.416 e. The van der Waals surface area contributed by atoms with E-state index in [1.165, 1.54) is 31.2 Å². The summed E-state index contributed by atoms with van der Waals surface area (Å²) in [5.41, 5.74) is -0.951. The van der Waals surface area contributed by atoms with Crippen LogP contribution in [0, 0.1) is 30.8 Å². The average Bonchev–Trinajstić information content (AvgIpc) is 3.17. The molecule has 1 aliphatic carbocycles. The minimum atomic E-state index is -4.51. The topological polar surface area (TPSA) is 26.3 Å². The van der Waals surface area contributed by atoms with Crippen LogP contribution in [0.25, 0.3) is 0 Å². The van der Waals surface area contributed by atoms with Crippen molar-refractivity contribution >= 4 is 24.5 Å². The van der Waals surface area contributed by atoms with Crippen LogP contribution in [-0.2, 0) is 21.9 Å². The Hall–Kier alpha value is -2.08. The van der Waals surface area contributed by atoms with E-state index in [4.69, 9.17) is 4.74 Å². The van der Waals surface area contributed by atoms with Gasteiger partial charge in [-0.2, -0.15) is 26.3 Å². The molecule has 5 radical (unpaired) electrons. The predicted molar refractivity (Wildman–Crippen MR) is 110 cm³/mol. The van der Waals surface area contributed by atoms with Gasteiger partial charge in [0.2, 0.25) is 0 Å². The van der Waals surface area contributed by atoms with Crippen LogP contribution in [0.5, 0.6) is 0 Å². The molecule has 0 amide bonds. The highest BCUT2D eigenvalue weighted by Gasteiger charge is 2.41. The summed E-state index contributed by atoms with van der Waals surface area (Å²) < 4.78 is 83.3. The summed E-state index contributed by atoms with van der Waals surface area (Å²) in [4.78, 5) is 11.4. The first-order chi connectivity index (χ1) is 14.9. The molecule has 1 fully saturated rings. The van der Waals surface area contributed by atoms with Gasteiger partial charge in [0.05, 0.1) is 11.1 Å². The molecule has 1 saturated carbocycles. The molecule has 0 unspecified atom stereocenters. The first-order valence-electron chi connectivity index (χ1n) is 9.45. The third kappa shape index (κ3) is 5.64. The Morgan fingerprint density at radius 3 is 1.62 bits per heavy atom. The Morgan fingerprint density at radius 2 is 1.25 bits per heavy atom. The summed E-state index contributed by atoms with van der Waals surface area (Å²) in [5, 5.41) is 1.05. The zero-order valence-electron chi connectivity index (χ0n) is 17.0. The van der Waals surface area contributed by atoms with Crippen molar-refractivity contribution in [2.75, 3.05) is 0 Å². The van der Waals surface area contributed by atoms with E-state index in [0.717, 1.165) is 24.3 Å². The van der Waals surface area contributed by atoms with Crippen molar-refractivity contribution in [2.45, 2.75) is 32.3 Å². The van der Waals surface area contributed by atoms with Gasteiger partial charge < -0.3 is 4.74 Å². The van der Waals surface area contributed by atoms with Crippen LogP contribution in [0.2, 0.25) is 0 Å². The molecule has 9 heteroatoms. The highest BCUT2D eigenvalue weighted by atomic mass is 31.1. The molecule has 1 aliphatic rings. The number of carbonyl (C=O) groups is 1. The summed E-state index contributed by atoms with van der Waals surface area (Å²) in [6.07, 6.45) is -4.46. The van der Waals surface area contributed by atoms with E-state index in [-0.39, 0.29) is 0 Å². The number of ether oxygens (including phenoxy) is 1. The Balaban J connectivity index is 2.02. The summed E-state index contributed by atoms with van der Waals surface area (Å²) in [6, 6.07) is 9.14. The van der Waals surface area contributed by atoms with Crippen molar-refractivity contribution in [3.63, 3.8) is 0 Å². The largest absolute Gasteiger partial charge is 0.462 e. The van der Waals surface area contributed by atoms with E-state index in [1.54, 1.807) is 26.2 Å². The van der Waals surface area contributed by atoms with Crippen LogP contribution in [-0.4, -0.2) is 12.1 Å². The second-order valence-corrected chi connectivity index (χ2v) is 9.23. The smallest absolute Gasteiger partial charge is 0.416 e. The monoisotopic (exact) mass is 471 g/mol.